The van der Waals surface area contributed by atoms with Gasteiger partial charge >= 0.3 is 0 Å². The summed E-state index contributed by atoms with van der Waals surface area (Å²) in [6.07, 6.45) is 2.75. The average molecular weight is 335 g/mol. The third-order valence-corrected chi connectivity index (χ3v) is 3.42. The fourth-order valence-electron chi connectivity index (χ4n) is 1.75. The zero-order chi connectivity index (χ0) is 14.4. The first-order valence-electron chi connectivity index (χ1n) is 6.22. The Hall–Kier alpha value is -1.88. The Morgan fingerprint density at radius 2 is 2.20 bits per heavy atom. The molecule has 20 heavy (non-hydrogen) atoms. The van der Waals surface area contributed by atoms with Crippen molar-refractivity contribution in [1.29, 1.82) is 0 Å². The van der Waals surface area contributed by atoms with Crippen molar-refractivity contribution in [1.82, 2.24) is 4.98 Å². The zero-order valence-corrected chi connectivity index (χ0v) is 12.7. The molecular formula is C15H15BrN2O2. The van der Waals surface area contributed by atoms with E-state index in [-0.39, 0.29) is 5.91 Å². The molecule has 1 N–H and O–H groups in total. The first kappa shape index (κ1) is 14.5. The molecule has 0 fully saturated rings. The number of amides is 1. The Labute approximate surface area is 126 Å². The van der Waals surface area contributed by atoms with Crippen molar-refractivity contribution in [3.63, 3.8) is 0 Å². The molecule has 1 aromatic carbocycles. The van der Waals surface area contributed by atoms with Crippen LogP contribution in [0.3, 0.4) is 0 Å². The van der Waals surface area contributed by atoms with E-state index in [0.717, 1.165) is 15.9 Å². The average Bonchev–Trinajstić information content (AvgIpc) is 2.48. The molecule has 1 amide bonds. The van der Waals surface area contributed by atoms with E-state index >= 15 is 0 Å². The molecule has 104 valence electrons. The zero-order valence-electron chi connectivity index (χ0n) is 11.1. The third kappa shape index (κ3) is 4.06. The van der Waals surface area contributed by atoms with Crippen molar-refractivity contribution in [2.75, 3.05) is 12.4 Å². The van der Waals surface area contributed by atoms with Gasteiger partial charge in [-0.05, 0) is 46.6 Å². The number of nitrogens with zero attached hydrogens (tertiary/aromatic N) is 1. The van der Waals surface area contributed by atoms with Gasteiger partial charge in [0.15, 0.2) is 0 Å². The van der Waals surface area contributed by atoms with Crippen LogP contribution in [0.4, 0.5) is 5.69 Å². The molecule has 0 spiro atoms. The lowest BCUT2D eigenvalue weighted by Gasteiger charge is -2.08. The van der Waals surface area contributed by atoms with Gasteiger partial charge in [-0.3, -0.25) is 9.78 Å². The van der Waals surface area contributed by atoms with Crippen LogP contribution < -0.4 is 10.1 Å². The number of halogens is 1. The minimum absolute atomic E-state index is 0.0416. The highest BCUT2D eigenvalue weighted by Crippen LogP contribution is 2.27. The number of nitrogens with one attached hydrogen (secondary N) is 1. The van der Waals surface area contributed by atoms with Gasteiger partial charge in [-0.25, -0.2) is 0 Å². The van der Waals surface area contributed by atoms with E-state index in [0.29, 0.717) is 18.6 Å². The van der Waals surface area contributed by atoms with Crippen LogP contribution in [0.5, 0.6) is 5.75 Å². The Morgan fingerprint density at radius 1 is 1.35 bits per heavy atom. The predicted molar refractivity (Wildman–Crippen MR) is 81.9 cm³/mol. The molecule has 0 radical (unpaired) electrons. The lowest BCUT2D eigenvalue weighted by atomic mass is 10.2. The van der Waals surface area contributed by atoms with Crippen LogP contribution in [0.15, 0.2) is 47.1 Å². The molecule has 1 aromatic heterocycles. The van der Waals surface area contributed by atoms with E-state index in [1.54, 1.807) is 19.4 Å². The fourth-order valence-corrected chi connectivity index (χ4v) is 2.16. The molecule has 0 saturated heterocycles. The number of methoxy groups -OCH3 is 1. The molecule has 0 saturated carbocycles. The number of hydrogen-bond donors (Lipinski definition) is 1. The minimum atomic E-state index is -0.0416. The van der Waals surface area contributed by atoms with Gasteiger partial charge in [0, 0.05) is 30.1 Å². The number of anilines is 1. The number of benzene rings is 1. The summed E-state index contributed by atoms with van der Waals surface area (Å²) >= 11 is 3.37. The maximum Gasteiger partial charge on any atom is 0.224 e. The summed E-state index contributed by atoms with van der Waals surface area (Å²) in [5.41, 5.74) is 1.63. The highest BCUT2D eigenvalue weighted by Gasteiger charge is 2.06. The van der Waals surface area contributed by atoms with Crippen LogP contribution in [0.1, 0.15) is 12.1 Å². The highest BCUT2D eigenvalue weighted by atomic mass is 79.9. The second-order valence-corrected chi connectivity index (χ2v) is 5.07. The van der Waals surface area contributed by atoms with Crippen molar-refractivity contribution in [2.45, 2.75) is 12.8 Å². The van der Waals surface area contributed by atoms with Gasteiger partial charge in [0.25, 0.3) is 0 Å². The second kappa shape index (κ2) is 7.05. The largest absolute Gasteiger partial charge is 0.495 e. The van der Waals surface area contributed by atoms with Crippen LogP contribution in [0.25, 0.3) is 0 Å². The Balaban J connectivity index is 1.91. The number of ether oxygens (including phenoxy) is 1. The van der Waals surface area contributed by atoms with Gasteiger partial charge in [0.1, 0.15) is 5.75 Å². The topological polar surface area (TPSA) is 51.2 Å². The van der Waals surface area contributed by atoms with Crippen molar-refractivity contribution in [3.8, 4) is 5.75 Å². The van der Waals surface area contributed by atoms with E-state index in [1.807, 2.05) is 30.3 Å². The highest BCUT2D eigenvalue weighted by molar-refractivity contribution is 9.10. The van der Waals surface area contributed by atoms with Crippen LogP contribution in [-0.2, 0) is 11.2 Å². The summed E-state index contributed by atoms with van der Waals surface area (Å²) in [4.78, 5) is 16.1. The maximum atomic E-state index is 11.9. The van der Waals surface area contributed by atoms with Gasteiger partial charge < -0.3 is 10.1 Å². The van der Waals surface area contributed by atoms with Crippen molar-refractivity contribution in [2.24, 2.45) is 0 Å². The van der Waals surface area contributed by atoms with E-state index in [4.69, 9.17) is 4.74 Å². The summed E-state index contributed by atoms with van der Waals surface area (Å²) in [5.74, 6) is 0.646. The Bertz CT molecular complexity index is 588. The summed E-state index contributed by atoms with van der Waals surface area (Å²) < 4.78 is 6.04. The molecule has 4 nitrogen and oxygen atoms in total. The summed E-state index contributed by atoms with van der Waals surface area (Å²) in [5, 5.41) is 2.85. The van der Waals surface area contributed by atoms with E-state index in [2.05, 4.69) is 26.2 Å². The summed E-state index contributed by atoms with van der Waals surface area (Å²) in [7, 11) is 1.59. The molecule has 0 atom stereocenters. The lowest BCUT2D eigenvalue weighted by molar-refractivity contribution is -0.116. The normalized spacial score (nSPS) is 10.1. The molecule has 0 aliphatic heterocycles. The lowest BCUT2D eigenvalue weighted by Crippen LogP contribution is -2.12. The fraction of sp³-hybridized carbons (Fsp3) is 0.200. The van der Waals surface area contributed by atoms with Gasteiger partial charge in [-0.2, -0.15) is 0 Å². The Kier molecular flexibility index (Phi) is 5.12. The van der Waals surface area contributed by atoms with Crippen LogP contribution in [0, 0.1) is 0 Å². The van der Waals surface area contributed by atoms with Crippen LogP contribution >= 0.6 is 15.9 Å². The molecule has 0 aliphatic rings. The monoisotopic (exact) mass is 334 g/mol. The standard InChI is InChI=1S/C15H15BrN2O2/c1-20-14-10-12(5-7-13(14)16)18-15(19)8-6-11-4-2-3-9-17-11/h2-5,7,9-10H,6,8H2,1H3,(H,18,19). The quantitative estimate of drug-likeness (QED) is 0.911. The van der Waals surface area contributed by atoms with Gasteiger partial charge in [-0.15, -0.1) is 0 Å². The van der Waals surface area contributed by atoms with Crippen LogP contribution in [0.2, 0.25) is 0 Å². The van der Waals surface area contributed by atoms with Crippen molar-refractivity contribution in [3.05, 3.63) is 52.8 Å². The number of carbonyl (C=O) groups is 1. The minimum Gasteiger partial charge on any atom is -0.495 e. The molecule has 5 heteroatoms. The molecule has 1 heterocycles. The smallest absolute Gasteiger partial charge is 0.224 e. The number of rotatable bonds is 5. The molecule has 0 unspecified atom stereocenters. The van der Waals surface area contributed by atoms with Crippen molar-refractivity contribution < 1.29 is 9.53 Å². The second-order valence-electron chi connectivity index (χ2n) is 4.22. The third-order valence-electron chi connectivity index (χ3n) is 2.77. The van der Waals surface area contributed by atoms with Crippen LogP contribution in [-0.4, -0.2) is 18.0 Å². The summed E-state index contributed by atoms with van der Waals surface area (Å²) in [6, 6.07) is 11.1. The first-order chi connectivity index (χ1) is 9.69. The van der Waals surface area contributed by atoms with Gasteiger partial charge in [-0.1, -0.05) is 6.07 Å². The molecular weight excluding hydrogens is 320 g/mol. The summed E-state index contributed by atoms with van der Waals surface area (Å²) in [6.45, 7) is 0. The molecule has 2 aromatic rings. The predicted octanol–water partition coefficient (Wildman–Crippen LogP) is 3.42. The van der Waals surface area contributed by atoms with E-state index in [9.17, 15) is 4.79 Å². The Morgan fingerprint density at radius 3 is 2.90 bits per heavy atom. The number of aryl methyl sites for hydroxylation is 1. The molecule has 0 bridgehead atoms. The first-order valence-corrected chi connectivity index (χ1v) is 7.01. The maximum absolute atomic E-state index is 11.9. The number of aromatic nitrogens is 1. The number of pyridine rings is 1. The number of hydrogen-bond acceptors (Lipinski definition) is 3. The molecule has 0 aliphatic carbocycles. The van der Waals surface area contributed by atoms with Gasteiger partial charge in [0.05, 0.1) is 11.6 Å². The van der Waals surface area contributed by atoms with E-state index in [1.165, 1.54) is 0 Å². The SMILES string of the molecule is COc1cc(NC(=O)CCc2ccccn2)ccc1Br. The van der Waals surface area contributed by atoms with Gasteiger partial charge in [0.2, 0.25) is 5.91 Å². The number of carbonyl (C=O) groups excluding carboxylic acids is 1. The van der Waals surface area contributed by atoms with Crippen molar-refractivity contribution >= 4 is 27.5 Å². The molecule has 2 rings (SSSR count). The van der Waals surface area contributed by atoms with E-state index < -0.39 is 0 Å².